The molecule has 2 aliphatic heterocycles. The molecule has 2 aromatic rings. The first-order valence-corrected chi connectivity index (χ1v) is 10.3. The molecule has 1 amide bonds. The van der Waals surface area contributed by atoms with Crippen molar-refractivity contribution in [2.45, 2.75) is 33.0 Å². The molecular weight excluding hydrogens is 393 g/mol. The van der Waals surface area contributed by atoms with Gasteiger partial charge in [-0.25, -0.2) is 9.38 Å². The Balaban J connectivity index is 1.44. The molecule has 2 aromatic carbocycles. The number of nitrogens with zero attached hydrogens (tertiary/aromatic N) is 2. The van der Waals surface area contributed by atoms with Gasteiger partial charge in [-0.2, -0.15) is 5.43 Å². The standard InChI is InChI=1S/C24H26FN5O/c1-15-5-7-17(8-6-15)4-3-10-27-23(31)19-14-20(21(25)12-16(19)2)18-9-11-30-22(13-18)28-24(26)29-30/h5-9,11-14,24,29H,3-4,10,26H2,1-2H3,(H,27,31). The second-order valence-electron chi connectivity index (χ2n) is 7.84. The first kappa shape index (κ1) is 21.0. The van der Waals surface area contributed by atoms with Crippen molar-refractivity contribution < 1.29 is 9.18 Å². The molecule has 4 N–H and O–H groups in total. The zero-order valence-electron chi connectivity index (χ0n) is 17.7. The molecule has 4 rings (SSSR count). The molecule has 0 spiro atoms. The number of amidine groups is 1. The normalized spacial score (nSPS) is 17.3. The summed E-state index contributed by atoms with van der Waals surface area (Å²) in [6, 6.07) is 11.4. The van der Waals surface area contributed by atoms with E-state index in [0.29, 0.717) is 34.6 Å². The van der Waals surface area contributed by atoms with Gasteiger partial charge in [0.05, 0.1) is 0 Å². The predicted octanol–water partition coefficient (Wildman–Crippen LogP) is 3.18. The first-order chi connectivity index (χ1) is 14.9. The SMILES string of the molecule is Cc1ccc(CCCNC(=O)c2cc(C3=CC4=NC(N)NN4C=C3)c(F)cc2C)cc1. The number of benzene rings is 2. The van der Waals surface area contributed by atoms with Crippen LogP contribution in [0, 0.1) is 19.7 Å². The zero-order chi connectivity index (χ0) is 22.0. The number of hydrazine groups is 1. The van der Waals surface area contributed by atoms with Crippen LogP contribution in [0.25, 0.3) is 5.57 Å². The van der Waals surface area contributed by atoms with Crippen LogP contribution in [0.4, 0.5) is 4.39 Å². The van der Waals surface area contributed by atoms with Gasteiger partial charge in [0.2, 0.25) is 0 Å². The summed E-state index contributed by atoms with van der Waals surface area (Å²) in [4.78, 5) is 17.0. The molecule has 160 valence electrons. The van der Waals surface area contributed by atoms with E-state index in [2.05, 4.69) is 46.9 Å². The number of halogens is 1. The van der Waals surface area contributed by atoms with Crippen molar-refractivity contribution in [1.29, 1.82) is 0 Å². The van der Waals surface area contributed by atoms with Crippen LogP contribution in [0.5, 0.6) is 0 Å². The van der Waals surface area contributed by atoms with E-state index in [1.54, 1.807) is 36.4 Å². The maximum atomic E-state index is 14.7. The topological polar surface area (TPSA) is 82.8 Å². The second kappa shape index (κ2) is 8.83. The summed E-state index contributed by atoms with van der Waals surface area (Å²) in [5.41, 5.74) is 13.2. The lowest BCUT2D eigenvalue weighted by atomic mass is 9.97. The van der Waals surface area contributed by atoms with Gasteiger partial charge in [-0.3, -0.25) is 15.5 Å². The lowest BCUT2D eigenvalue weighted by Gasteiger charge is -2.19. The van der Waals surface area contributed by atoms with Crippen LogP contribution in [0.15, 0.2) is 59.7 Å². The minimum absolute atomic E-state index is 0.202. The third-order valence-corrected chi connectivity index (χ3v) is 5.40. The average Bonchev–Trinajstić information content (AvgIpc) is 3.11. The van der Waals surface area contributed by atoms with E-state index >= 15 is 0 Å². The van der Waals surface area contributed by atoms with Gasteiger partial charge in [-0.05, 0) is 67.7 Å². The number of nitrogens with two attached hydrogens (primary N) is 1. The van der Waals surface area contributed by atoms with Crippen LogP contribution in [0.1, 0.15) is 39.0 Å². The van der Waals surface area contributed by atoms with Gasteiger partial charge in [0.25, 0.3) is 5.91 Å². The van der Waals surface area contributed by atoms with Crippen LogP contribution in [0.2, 0.25) is 0 Å². The highest BCUT2D eigenvalue weighted by molar-refractivity contribution is 6.05. The highest BCUT2D eigenvalue weighted by atomic mass is 19.1. The number of rotatable bonds is 6. The van der Waals surface area contributed by atoms with Crippen molar-refractivity contribution in [3.63, 3.8) is 0 Å². The van der Waals surface area contributed by atoms with Gasteiger partial charge in [-0.15, -0.1) is 0 Å². The minimum atomic E-state index is -0.528. The van der Waals surface area contributed by atoms with Gasteiger partial charge in [0.15, 0.2) is 6.29 Å². The van der Waals surface area contributed by atoms with E-state index in [-0.39, 0.29) is 11.7 Å². The van der Waals surface area contributed by atoms with E-state index in [1.807, 2.05) is 0 Å². The number of aryl methyl sites for hydroxylation is 3. The maximum absolute atomic E-state index is 14.7. The Morgan fingerprint density at radius 3 is 2.81 bits per heavy atom. The highest BCUT2D eigenvalue weighted by Gasteiger charge is 2.23. The van der Waals surface area contributed by atoms with Crippen LogP contribution in [0.3, 0.4) is 0 Å². The molecule has 0 radical (unpaired) electrons. The van der Waals surface area contributed by atoms with Crippen molar-refractivity contribution in [2.75, 3.05) is 6.54 Å². The van der Waals surface area contributed by atoms with Gasteiger partial charge < -0.3 is 5.32 Å². The molecule has 0 fully saturated rings. The minimum Gasteiger partial charge on any atom is -0.352 e. The summed E-state index contributed by atoms with van der Waals surface area (Å²) in [6.07, 6.45) is 6.45. The number of amides is 1. The van der Waals surface area contributed by atoms with Gasteiger partial charge in [-0.1, -0.05) is 29.8 Å². The van der Waals surface area contributed by atoms with Crippen LogP contribution >= 0.6 is 0 Å². The third kappa shape index (κ3) is 4.73. The molecule has 0 aliphatic carbocycles. The van der Waals surface area contributed by atoms with Crippen LogP contribution in [-0.4, -0.2) is 29.6 Å². The monoisotopic (exact) mass is 419 g/mol. The fraction of sp³-hybridized carbons (Fsp3) is 0.250. The summed E-state index contributed by atoms with van der Waals surface area (Å²) in [6.45, 7) is 4.35. The maximum Gasteiger partial charge on any atom is 0.251 e. The lowest BCUT2D eigenvalue weighted by molar-refractivity contribution is 0.0952. The van der Waals surface area contributed by atoms with Crippen molar-refractivity contribution in [1.82, 2.24) is 15.8 Å². The molecule has 2 heterocycles. The zero-order valence-corrected chi connectivity index (χ0v) is 17.7. The Bertz CT molecular complexity index is 1090. The fourth-order valence-electron chi connectivity index (χ4n) is 3.66. The molecule has 0 bridgehead atoms. The second-order valence-corrected chi connectivity index (χ2v) is 7.84. The molecule has 2 aliphatic rings. The molecule has 6 nitrogen and oxygen atoms in total. The molecule has 0 saturated heterocycles. The fourth-order valence-corrected chi connectivity index (χ4v) is 3.66. The number of fused-ring (bicyclic) bond motifs is 1. The molecular formula is C24H26FN5O. The number of carbonyl (C=O) groups excluding carboxylic acids is 1. The average molecular weight is 420 g/mol. The van der Waals surface area contributed by atoms with Crippen molar-refractivity contribution in [3.8, 4) is 0 Å². The van der Waals surface area contributed by atoms with Crippen molar-refractivity contribution in [3.05, 3.63) is 88.4 Å². The van der Waals surface area contributed by atoms with E-state index in [4.69, 9.17) is 5.73 Å². The molecule has 0 saturated carbocycles. The number of allylic oxidation sites excluding steroid dienone is 2. The van der Waals surface area contributed by atoms with Gasteiger partial charge in [0, 0.05) is 23.9 Å². The van der Waals surface area contributed by atoms with E-state index in [0.717, 1.165) is 12.8 Å². The Hall–Kier alpha value is -3.29. The third-order valence-electron chi connectivity index (χ3n) is 5.40. The smallest absolute Gasteiger partial charge is 0.251 e. The number of aliphatic imine (C=N–C) groups is 1. The summed E-state index contributed by atoms with van der Waals surface area (Å²) in [7, 11) is 0. The first-order valence-electron chi connectivity index (χ1n) is 10.3. The Morgan fingerprint density at radius 1 is 1.26 bits per heavy atom. The molecule has 1 atom stereocenters. The lowest BCUT2D eigenvalue weighted by Crippen LogP contribution is -2.40. The highest BCUT2D eigenvalue weighted by Crippen LogP contribution is 2.27. The summed E-state index contributed by atoms with van der Waals surface area (Å²) in [5.74, 6) is 0.0206. The predicted molar refractivity (Wildman–Crippen MR) is 120 cm³/mol. The molecule has 1 unspecified atom stereocenters. The van der Waals surface area contributed by atoms with E-state index in [1.165, 1.54) is 17.2 Å². The Kier molecular flexibility index (Phi) is 5.97. The largest absolute Gasteiger partial charge is 0.352 e. The number of hydrogen-bond acceptors (Lipinski definition) is 5. The summed E-state index contributed by atoms with van der Waals surface area (Å²) < 4.78 is 14.7. The van der Waals surface area contributed by atoms with Crippen LogP contribution < -0.4 is 16.5 Å². The number of carbonyl (C=O) groups is 1. The van der Waals surface area contributed by atoms with Gasteiger partial charge in [0.1, 0.15) is 11.7 Å². The Labute approximate surface area is 181 Å². The van der Waals surface area contributed by atoms with E-state index < -0.39 is 6.29 Å². The van der Waals surface area contributed by atoms with E-state index in [9.17, 15) is 9.18 Å². The van der Waals surface area contributed by atoms with Gasteiger partial charge >= 0.3 is 0 Å². The molecule has 0 aromatic heterocycles. The molecule has 31 heavy (non-hydrogen) atoms. The summed E-state index contributed by atoms with van der Waals surface area (Å²) >= 11 is 0. The van der Waals surface area contributed by atoms with Crippen LogP contribution in [-0.2, 0) is 6.42 Å². The molecule has 7 heteroatoms. The number of nitrogens with one attached hydrogen (secondary N) is 2. The van der Waals surface area contributed by atoms with Crippen molar-refractivity contribution >= 4 is 17.3 Å². The number of hydrogen-bond donors (Lipinski definition) is 3. The van der Waals surface area contributed by atoms with Crippen molar-refractivity contribution in [2.24, 2.45) is 10.7 Å². The Morgan fingerprint density at radius 2 is 2.03 bits per heavy atom. The summed E-state index contributed by atoms with van der Waals surface area (Å²) in [5, 5.41) is 4.64. The quantitative estimate of drug-likeness (QED) is 0.628.